The summed E-state index contributed by atoms with van der Waals surface area (Å²) < 4.78 is 0. The molecule has 0 saturated heterocycles. The zero-order valence-corrected chi connectivity index (χ0v) is 13.2. The molecule has 0 bridgehead atoms. The summed E-state index contributed by atoms with van der Waals surface area (Å²) in [6, 6.07) is 0. The van der Waals surface area contributed by atoms with Gasteiger partial charge >= 0.3 is 0 Å². The Bertz CT molecular complexity index is 20.8. The van der Waals surface area contributed by atoms with Crippen molar-refractivity contribution in [3.8, 4) is 0 Å². The maximum Gasteiger partial charge on any atom is 0 e. The van der Waals surface area contributed by atoms with E-state index < -0.39 is 0 Å². The largest absolute Gasteiger partial charge is 0.358 e. The normalized spacial score (nSPS) is 12.6. The average Bonchev–Trinajstić information content (AvgIpc) is 2.23. The van der Waals surface area contributed by atoms with Crippen LogP contribution >= 0.6 is 0 Å². The van der Waals surface area contributed by atoms with E-state index in [1.165, 1.54) is 25.7 Å². The third kappa shape index (κ3) is 16.4. The Balaban J connectivity index is -0.0000000337. The summed E-state index contributed by atoms with van der Waals surface area (Å²) in [5.74, 6) is 0. The van der Waals surface area contributed by atoms with Gasteiger partial charge in [0.25, 0.3) is 0 Å². The maximum absolute atomic E-state index is 2.36. The van der Waals surface area contributed by atoms with Crippen LogP contribution in [0.3, 0.4) is 0 Å². The van der Waals surface area contributed by atoms with Crippen LogP contribution in [-0.2, 0) is 53.8 Å². The molecule has 0 spiro atoms. The Morgan fingerprint density at radius 2 is 1.30 bits per heavy atom. The van der Waals surface area contributed by atoms with Gasteiger partial charge in [0.2, 0.25) is 0 Å². The predicted molar refractivity (Wildman–Crippen MR) is 40.5 cm³/mol. The Kier molecular flexibility index (Phi) is 50.7. The molecule has 0 atom stereocenters. The topological polar surface area (TPSA) is 0 Å². The van der Waals surface area contributed by atoms with E-state index in [2.05, 4.69) is 6.42 Å². The van der Waals surface area contributed by atoms with Crippen LogP contribution in [0.5, 0.6) is 0 Å². The summed E-state index contributed by atoms with van der Waals surface area (Å²) in [6.45, 7) is 4.00. The van der Waals surface area contributed by atoms with Crippen molar-refractivity contribution >= 4 is 0 Å². The molecule has 0 aromatic heterocycles. The minimum absolute atomic E-state index is 0. The molecule has 1 rings (SSSR count). The van der Waals surface area contributed by atoms with Crippen molar-refractivity contribution in [2.24, 2.45) is 0 Å². The number of hydrogen-bond acceptors (Lipinski definition) is 0. The summed E-state index contributed by atoms with van der Waals surface area (Å²) in [5.41, 5.74) is 0. The summed E-state index contributed by atoms with van der Waals surface area (Å²) in [7, 11) is 0. The summed E-state index contributed by atoms with van der Waals surface area (Å²) in [5, 5.41) is 0. The van der Waals surface area contributed by atoms with Crippen LogP contribution in [0, 0.1) is 13.8 Å². The number of hydrogen-bond donors (Lipinski definition) is 0. The molecule has 0 heterocycles. The van der Waals surface area contributed by atoms with E-state index in [4.69, 9.17) is 0 Å². The van der Waals surface area contributed by atoms with Crippen molar-refractivity contribution in [3.05, 3.63) is 13.8 Å². The van der Waals surface area contributed by atoms with Gasteiger partial charge in [-0.25, -0.2) is 0 Å². The van der Waals surface area contributed by atoms with Gasteiger partial charge in [-0.15, -0.1) is 0 Å². The second-order valence-electron chi connectivity index (χ2n) is 1.57. The molecular weight excluding hydrogens is 369 g/mol. The SMILES string of the molecule is CC.[CH-]1CCCC1.[CH3-].[W].[Y]. The van der Waals surface area contributed by atoms with Crippen LogP contribution in [0.15, 0.2) is 0 Å². The van der Waals surface area contributed by atoms with Gasteiger partial charge in [-0.1, -0.05) is 26.7 Å². The van der Waals surface area contributed by atoms with E-state index in [1.54, 1.807) is 0 Å². The molecule has 1 radical (unpaired) electrons. The molecule has 2 heteroatoms. The van der Waals surface area contributed by atoms with Crippen molar-refractivity contribution in [3.63, 3.8) is 0 Å². The predicted octanol–water partition coefficient (Wildman–Crippen LogP) is 3.24. The van der Waals surface area contributed by atoms with E-state index in [-0.39, 0.29) is 61.2 Å². The third-order valence-corrected chi connectivity index (χ3v) is 1.07. The van der Waals surface area contributed by atoms with Gasteiger partial charge in [0.15, 0.2) is 0 Å². The van der Waals surface area contributed by atoms with E-state index in [9.17, 15) is 0 Å². The van der Waals surface area contributed by atoms with Gasteiger partial charge in [0.05, 0.1) is 0 Å². The van der Waals surface area contributed by atoms with Gasteiger partial charge in [-0.2, -0.15) is 12.8 Å². The average molecular weight is 387 g/mol. The van der Waals surface area contributed by atoms with Crippen LogP contribution in [0.2, 0.25) is 0 Å². The fourth-order valence-corrected chi connectivity index (χ4v) is 0.722. The Hall–Kier alpha value is 1.79. The minimum atomic E-state index is 0. The Labute approximate surface area is 106 Å². The van der Waals surface area contributed by atoms with E-state index >= 15 is 0 Å². The van der Waals surface area contributed by atoms with E-state index in [0.29, 0.717) is 0 Å². The molecule has 0 aromatic carbocycles. The summed E-state index contributed by atoms with van der Waals surface area (Å²) in [6.07, 6.45) is 8.00. The second kappa shape index (κ2) is 22.4. The van der Waals surface area contributed by atoms with Gasteiger partial charge in [-0.3, -0.25) is 0 Å². The molecule has 0 N–H and O–H groups in total. The fourth-order valence-electron chi connectivity index (χ4n) is 0.722. The first-order chi connectivity index (χ1) is 3.50. The van der Waals surface area contributed by atoms with Crippen molar-refractivity contribution in [1.82, 2.24) is 0 Å². The molecule has 0 nitrogen and oxygen atoms in total. The molecule has 1 aliphatic carbocycles. The van der Waals surface area contributed by atoms with Crippen LogP contribution < -0.4 is 0 Å². The fraction of sp³-hybridized carbons (Fsp3) is 0.750. The zero-order valence-electron chi connectivity index (χ0n) is 7.39. The summed E-state index contributed by atoms with van der Waals surface area (Å²) >= 11 is 0. The van der Waals surface area contributed by atoms with Gasteiger partial charge in [-0.05, 0) is 0 Å². The van der Waals surface area contributed by atoms with Crippen LogP contribution in [0.4, 0.5) is 0 Å². The van der Waals surface area contributed by atoms with Gasteiger partial charge in [0.1, 0.15) is 0 Å². The molecule has 10 heavy (non-hydrogen) atoms. The first-order valence-electron chi connectivity index (χ1n) is 3.32. The van der Waals surface area contributed by atoms with Crippen LogP contribution in [0.25, 0.3) is 0 Å². The standard InChI is InChI=1S/C5H9.C2H6.CH3.W.Y/c1-2-4-5-3-1;1-2;;;/h1H,2-5H2;1-2H3;1H3;;/q-1;;-1;;. The zero-order chi connectivity index (χ0) is 5.54. The quantitative estimate of drug-likeness (QED) is 0.561. The molecule has 1 saturated carbocycles. The molecule has 61 valence electrons. The molecule has 1 aliphatic rings. The minimum Gasteiger partial charge on any atom is -0.358 e. The van der Waals surface area contributed by atoms with Gasteiger partial charge < -0.3 is 13.8 Å². The Morgan fingerprint density at radius 3 is 1.40 bits per heavy atom. The second-order valence-corrected chi connectivity index (χ2v) is 1.57. The molecule has 0 amide bonds. The van der Waals surface area contributed by atoms with Crippen LogP contribution in [-0.4, -0.2) is 0 Å². The number of rotatable bonds is 0. The van der Waals surface area contributed by atoms with Crippen molar-refractivity contribution in [2.75, 3.05) is 0 Å². The first kappa shape index (κ1) is 22.6. The third-order valence-electron chi connectivity index (χ3n) is 1.07. The molecule has 1 fully saturated rings. The maximum atomic E-state index is 2.36. The van der Waals surface area contributed by atoms with Crippen LogP contribution in [0.1, 0.15) is 39.5 Å². The van der Waals surface area contributed by atoms with Gasteiger partial charge in [0, 0.05) is 53.8 Å². The van der Waals surface area contributed by atoms with Crippen molar-refractivity contribution in [1.29, 1.82) is 0 Å². The first-order valence-corrected chi connectivity index (χ1v) is 3.32. The van der Waals surface area contributed by atoms with E-state index in [0.717, 1.165) is 0 Å². The summed E-state index contributed by atoms with van der Waals surface area (Å²) in [4.78, 5) is 0. The molecule has 0 aliphatic heterocycles. The Morgan fingerprint density at radius 1 is 1.00 bits per heavy atom. The smallest absolute Gasteiger partial charge is 0 e. The molecular formula is C8H18WY-2. The monoisotopic (exact) mass is 387 g/mol. The van der Waals surface area contributed by atoms with Crippen molar-refractivity contribution in [2.45, 2.75) is 39.5 Å². The van der Waals surface area contributed by atoms with E-state index in [1.807, 2.05) is 13.8 Å². The van der Waals surface area contributed by atoms with Crippen molar-refractivity contribution < 1.29 is 53.8 Å². The molecule has 0 unspecified atom stereocenters. The molecule has 0 aromatic rings.